The van der Waals surface area contributed by atoms with Crippen molar-refractivity contribution in [3.63, 3.8) is 0 Å². The summed E-state index contributed by atoms with van der Waals surface area (Å²) in [4.78, 5) is 4.47. The summed E-state index contributed by atoms with van der Waals surface area (Å²) in [6.07, 6.45) is 2.71. The first-order chi connectivity index (χ1) is 9.74. The third kappa shape index (κ3) is 3.58. The molecule has 2 aromatic rings. The normalized spacial score (nSPS) is 12.2. The fourth-order valence-electron chi connectivity index (χ4n) is 2.40. The number of rotatable bonds is 6. The van der Waals surface area contributed by atoms with Crippen LogP contribution in [-0.2, 0) is 6.42 Å². The zero-order chi connectivity index (χ0) is 14.4. The van der Waals surface area contributed by atoms with Crippen LogP contribution < -0.4 is 10.1 Å². The minimum Gasteiger partial charge on any atom is -0.496 e. The summed E-state index contributed by atoms with van der Waals surface area (Å²) >= 11 is 0. The van der Waals surface area contributed by atoms with Crippen molar-refractivity contribution in [2.45, 2.75) is 26.3 Å². The maximum atomic E-state index is 5.47. The molecular formula is C17H22N2O. The van der Waals surface area contributed by atoms with Gasteiger partial charge in [-0.2, -0.15) is 0 Å². The second-order valence-electron chi connectivity index (χ2n) is 4.88. The van der Waals surface area contributed by atoms with Crippen molar-refractivity contribution < 1.29 is 4.74 Å². The minimum atomic E-state index is 0.205. The molecule has 0 saturated carbocycles. The summed E-state index contributed by atoms with van der Waals surface area (Å²) in [5.74, 6) is 0.939. The maximum absolute atomic E-state index is 5.47. The topological polar surface area (TPSA) is 34.1 Å². The SMILES string of the molecule is CCNC(Cc1cc(C)ccc1OC)c1ccccn1. The van der Waals surface area contributed by atoms with Crippen LogP contribution in [0, 0.1) is 6.92 Å². The summed E-state index contributed by atoms with van der Waals surface area (Å²) in [6, 6.07) is 12.5. The van der Waals surface area contributed by atoms with Crippen LogP contribution >= 0.6 is 0 Å². The van der Waals surface area contributed by atoms with E-state index < -0.39 is 0 Å². The van der Waals surface area contributed by atoms with Gasteiger partial charge in [0.05, 0.1) is 18.8 Å². The highest BCUT2D eigenvalue weighted by Gasteiger charge is 2.15. The van der Waals surface area contributed by atoms with Gasteiger partial charge in [0.1, 0.15) is 5.75 Å². The molecule has 2 rings (SSSR count). The lowest BCUT2D eigenvalue weighted by molar-refractivity contribution is 0.405. The van der Waals surface area contributed by atoms with Crippen molar-refractivity contribution in [2.75, 3.05) is 13.7 Å². The third-order valence-corrected chi connectivity index (χ3v) is 3.36. The number of hydrogen-bond donors (Lipinski definition) is 1. The number of hydrogen-bond acceptors (Lipinski definition) is 3. The van der Waals surface area contributed by atoms with Gasteiger partial charge < -0.3 is 10.1 Å². The van der Waals surface area contributed by atoms with Crippen molar-refractivity contribution >= 4 is 0 Å². The Balaban J connectivity index is 2.26. The molecule has 106 valence electrons. The second kappa shape index (κ2) is 7.06. The standard InChI is InChI=1S/C17H22N2O/c1-4-18-16(15-7-5-6-10-19-15)12-14-11-13(2)8-9-17(14)20-3/h5-11,16,18H,4,12H2,1-3H3. The number of nitrogens with zero attached hydrogens (tertiary/aromatic N) is 1. The number of methoxy groups -OCH3 is 1. The fourth-order valence-corrected chi connectivity index (χ4v) is 2.40. The Bertz CT molecular complexity index is 540. The van der Waals surface area contributed by atoms with Crippen molar-refractivity contribution in [3.05, 3.63) is 59.4 Å². The Morgan fingerprint density at radius 2 is 2.10 bits per heavy atom. The van der Waals surface area contributed by atoms with Gasteiger partial charge in [0, 0.05) is 6.20 Å². The molecule has 1 aromatic heterocycles. The first kappa shape index (κ1) is 14.5. The lowest BCUT2D eigenvalue weighted by atomic mass is 10.00. The van der Waals surface area contributed by atoms with E-state index in [1.807, 2.05) is 24.4 Å². The van der Waals surface area contributed by atoms with Gasteiger partial charge in [-0.1, -0.05) is 30.7 Å². The van der Waals surface area contributed by atoms with Gasteiger partial charge in [-0.15, -0.1) is 0 Å². The predicted molar refractivity (Wildman–Crippen MR) is 82.1 cm³/mol. The van der Waals surface area contributed by atoms with E-state index in [0.29, 0.717) is 0 Å². The molecule has 0 aliphatic carbocycles. The Morgan fingerprint density at radius 3 is 2.75 bits per heavy atom. The van der Waals surface area contributed by atoms with Gasteiger partial charge in [-0.25, -0.2) is 0 Å². The molecule has 0 radical (unpaired) electrons. The zero-order valence-electron chi connectivity index (χ0n) is 12.4. The van der Waals surface area contributed by atoms with Crippen molar-refractivity contribution in [2.24, 2.45) is 0 Å². The molecule has 1 atom stereocenters. The summed E-state index contributed by atoms with van der Waals surface area (Å²) in [6.45, 7) is 5.13. The first-order valence-electron chi connectivity index (χ1n) is 7.02. The smallest absolute Gasteiger partial charge is 0.122 e. The van der Waals surface area contributed by atoms with Crippen LogP contribution in [0.2, 0.25) is 0 Å². The van der Waals surface area contributed by atoms with Crippen LogP contribution in [0.1, 0.15) is 29.8 Å². The van der Waals surface area contributed by atoms with Gasteiger partial charge in [0.15, 0.2) is 0 Å². The van der Waals surface area contributed by atoms with Crippen LogP contribution in [0.4, 0.5) is 0 Å². The van der Waals surface area contributed by atoms with Crippen LogP contribution in [0.15, 0.2) is 42.6 Å². The predicted octanol–water partition coefficient (Wildman–Crippen LogP) is 3.29. The molecule has 0 aliphatic heterocycles. The molecule has 0 spiro atoms. The molecule has 0 saturated heterocycles. The van der Waals surface area contributed by atoms with E-state index in [9.17, 15) is 0 Å². The summed E-state index contributed by atoms with van der Waals surface area (Å²) in [7, 11) is 1.72. The monoisotopic (exact) mass is 270 g/mol. The van der Waals surface area contributed by atoms with Crippen molar-refractivity contribution in [3.8, 4) is 5.75 Å². The molecule has 20 heavy (non-hydrogen) atoms. The van der Waals surface area contributed by atoms with E-state index in [1.165, 1.54) is 11.1 Å². The number of ether oxygens (including phenoxy) is 1. The highest BCUT2D eigenvalue weighted by Crippen LogP contribution is 2.25. The number of nitrogens with one attached hydrogen (secondary N) is 1. The average Bonchev–Trinajstić information content (AvgIpc) is 2.48. The van der Waals surface area contributed by atoms with Crippen molar-refractivity contribution in [1.82, 2.24) is 10.3 Å². The molecule has 3 nitrogen and oxygen atoms in total. The first-order valence-corrected chi connectivity index (χ1v) is 7.02. The fraction of sp³-hybridized carbons (Fsp3) is 0.353. The molecule has 0 fully saturated rings. The lowest BCUT2D eigenvalue weighted by Gasteiger charge is -2.19. The Kier molecular flexibility index (Phi) is 5.13. The van der Waals surface area contributed by atoms with Gasteiger partial charge >= 0.3 is 0 Å². The quantitative estimate of drug-likeness (QED) is 0.874. The molecular weight excluding hydrogens is 248 g/mol. The molecule has 0 bridgehead atoms. The molecule has 1 heterocycles. The number of aromatic nitrogens is 1. The third-order valence-electron chi connectivity index (χ3n) is 3.36. The molecule has 0 aliphatic rings. The molecule has 3 heteroatoms. The van der Waals surface area contributed by atoms with Gasteiger partial charge in [-0.3, -0.25) is 4.98 Å². The van der Waals surface area contributed by atoms with Crippen LogP contribution in [0.25, 0.3) is 0 Å². The molecule has 1 N–H and O–H groups in total. The van der Waals surface area contributed by atoms with E-state index in [-0.39, 0.29) is 6.04 Å². The average molecular weight is 270 g/mol. The Labute approximate surface area is 121 Å². The molecule has 0 amide bonds. The molecule has 1 aromatic carbocycles. The van der Waals surface area contributed by atoms with Gasteiger partial charge in [0.25, 0.3) is 0 Å². The summed E-state index contributed by atoms with van der Waals surface area (Å²) in [5, 5.41) is 3.50. The minimum absolute atomic E-state index is 0.205. The van der Waals surface area contributed by atoms with E-state index in [2.05, 4.69) is 42.3 Å². The highest BCUT2D eigenvalue weighted by molar-refractivity contribution is 5.38. The summed E-state index contributed by atoms with van der Waals surface area (Å²) in [5.41, 5.74) is 3.53. The van der Waals surface area contributed by atoms with Crippen LogP contribution in [0.3, 0.4) is 0 Å². The Morgan fingerprint density at radius 1 is 1.25 bits per heavy atom. The number of benzene rings is 1. The Hall–Kier alpha value is -1.87. The maximum Gasteiger partial charge on any atom is 0.122 e. The van der Waals surface area contributed by atoms with E-state index in [4.69, 9.17) is 4.74 Å². The number of likely N-dealkylation sites (N-methyl/N-ethyl adjacent to an activating group) is 1. The van der Waals surface area contributed by atoms with Crippen molar-refractivity contribution in [1.29, 1.82) is 0 Å². The lowest BCUT2D eigenvalue weighted by Crippen LogP contribution is -2.24. The van der Waals surface area contributed by atoms with E-state index in [0.717, 1.165) is 24.4 Å². The second-order valence-corrected chi connectivity index (χ2v) is 4.88. The van der Waals surface area contributed by atoms with E-state index >= 15 is 0 Å². The summed E-state index contributed by atoms with van der Waals surface area (Å²) < 4.78 is 5.47. The van der Waals surface area contributed by atoms with Crippen LogP contribution in [-0.4, -0.2) is 18.6 Å². The van der Waals surface area contributed by atoms with Crippen LogP contribution in [0.5, 0.6) is 5.75 Å². The number of pyridine rings is 1. The largest absolute Gasteiger partial charge is 0.496 e. The van der Waals surface area contributed by atoms with E-state index in [1.54, 1.807) is 7.11 Å². The molecule has 1 unspecified atom stereocenters. The van der Waals surface area contributed by atoms with Gasteiger partial charge in [-0.05, 0) is 43.7 Å². The zero-order valence-corrected chi connectivity index (χ0v) is 12.4. The van der Waals surface area contributed by atoms with Gasteiger partial charge in [0.2, 0.25) is 0 Å². The number of aryl methyl sites for hydroxylation is 1. The highest BCUT2D eigenvalue weighted by atomic mass is 16.5.